The summed E-state index contributed by atoms with van der Waals surface area (Å²) in [6, 6.07) is 0. The van der Waals surface area contributed by atoms with Crippen molar-refractivity contribution in [3.8, 4) is 0 Å². The van der Waals surface area contributed by atoms with E-state index in [0.29, 0.717) is 6.42 Å². The van der Waals surface area contributed by atoms with Gasteiger partial charge in [0.2, 0.25) is 0 Å². The maximum Gasteiger partial charge on any atom is 0.303 e. The van der Waals surface area contributed by atoms with E-state index in [1.807, 2.05) is 13.0 Å². The zero-order valence-corrected chi connectivity index (χ0v) is 9.20. The first kappa shape index (κ1) is 11.2. The maximum absolute atomic E-state index is 10.8. The second-order valence-electron chi connectivity index (χ2n) is 4.67. The quantitative estimate of drug-likeness (QED) is 0.515. The Hall–Kier alpha value is -0.830. The van der Waals surface area contributed by atoms with E-state index in [4.69, 9.17) is 4.74 Å². The topological polar surface area (TPSA) is 46.5 Å². The Balaban J connectivity index is 2.80. The molecule has 1 aliphatic carbocycles. The van der Waals surface area contributed by atoms with Crippen molar-refractivity contribution in [3.63, 3.8) is 0 Å². The zero-order chi connectivity index (χ0) is 10.9. The van der Waals surface area contributed by atoms with Crippen LogP contribution in [0.15, 0.2) is 11.6 Å². The minimum atomic E-state index is -0.646. The second-order valence-corrected chi connectivity index (χ2v) is 4.67. The predicted molar refractivity (Wildman–Crippen MR) is 53.7 cm³/mol. The van der Waals surface area contributed by atoms with Crippen molar-refractivity contribution in [2.24, 2.45) is 5.41 Å². The number of aliphatic hydroxyl groups excluding tert-OH is 1. The third-order valence-corrected chi connectivity index (χ3v) is 2.48. The number of esters is 1. The number of aliphatic hydroxyl groups is 1. The van der Waals surface area contributed by atoms with Gasteiger partial charge in [0.25, 0.3) is 0 Å². The molecule has 0 aliphatic heterocycles. The summed E-state index contributed by atoms with van der Waals surface area (Å²) in [5, 5.41) is 9.77. The molecule has 0 aromatic rings. The summed E-state index contributed by atoms with van der Waals surface area (Å²) in [7, 11) is 0. The Morgan fingerprint density at radius 1 is 1.64 bits per heavy atom. The van der Waals surface area contributed by atoms with E-state index in [1.165, 1.54) is 6.92 Å². The number of rotatable bonds is 1. The number of allylic oxidation sites excluding steroid dienone is 1. The van der Waals surface area contributed by atoms with Gasteiger partial charge in [-0.1, -0.05) is 19.9 Å². The molecule has 80 valence electrons. The van der Waals surface area contributed by atoms with E-state index in [0.717, 1.165) is 5.57 Å². The summed E-state index contributed by atoms with van der Waals surface area (Å²) in [6.07, 6.45) is 1.67. The Bertz CT molecular complexity index is 266. The Morgan fingerprint density at radius 3 is 2.71 bits per heavy atom. The van der Waals surface area contributed by atoms with Crippen molar-refractivity contribution >= 4 is 5.97 Å². The van der Waals surface area contributed by atoms with Crippen LogP contribution in [0.25, 0.3) is 0 Å². The standard InChI is InChI=1S/C11H18O3/c1-7-5-11(3,4)6-9(10(7)13)14-8(2)12/h5,9-10,13H,6H2,1-4H3. The first-order valence-electron chi connectivity index (χ1n) is 4.86. The summed E-state index contributed by atoms with van der Waals surface area (Å²) >= 11 is 0. The van der Waals surface area contributed by atoms with Gasteiger partial charge in [-0.05, 0) is 24.3 Å². The van der Waals surface area contributed by atoms with E-state index in [2.05, 4.69) is 13.8 Å². The van der Waals surface area contributed by atoms with Crippen molar-refractivity contribution in [2.75, 3.05) is 0 Å². The van der Waals surface area contributed by atoms with Crippen molar-refractivity contribution in [1.29, 1.82) is 0 Å². The molecular formula is C11H18O3. The summed E-state index contributed by atoms with van der Waals surface area (Å²) in [4.78, 5) is 10.8. The van der Waals surface area contributed by atoms with Crippen molar-refractivity contribution in [1.82, 2.24) is 0 Å². The highest BCUT2D eigenvalue weighted by atomic mass is 16.6. The van der Waals surface area contributed by atoms with Gasteiger partial charge in [-0.25, -0.2) is 0 Å². The van der Waals surface area contributed by atoms with E-state index >= 15 is 0 Å². The first-order chi connectivity index (χ1) is 6.32. The maximum atomic E-state index is 10.8. The van der Waals surface area contributed by atoms with Crippen LogP contribution in [0.2, 0.25) is 0 Å². The van der Waals surface area contributed by atoms with Crippen LogP contribution in [0.3, 0.4) is 0 Å². The van der Waals surface area contributed by atoms with E-state index in [1.54, 1.807) is 0 Å². The smallest absolute Gasteiger partial charge is 0.303 e. The van der Waals surface area contributed by atoms with Crippen LogP contribution in [0.4, 0.5) is 0 Å². The lowest BCUT2D eigenvalue weighted by Crippen LogP contribution is -2.39. The van der Waals surface area contributed by atoms with Crippen molar-refractivity contribution < 1.29 is 14.6 Å². The van der Waals surface area contributed by atoms with Crippen LogP contribution in [-0.2, 0) is 9.53 Å². The number of hydrogen-bond acceptors (Lipinski definition) is 3. The molecule has 0 aromatic carbocycles. The molecule has 0 heterocycles. The molecule has 2 unspecified atom stereocenters. The Morgan fingerprint density at radius 2 is 2.21 bits per heavy atom. The van der Waals surface area contributed by atoms with Gasteiger partial charge in [0.1, 0.15) is 12.2 Å². The third-order valence-electron chi connectivity index (χ3n) is 2.48. The average Bonchev–Trinajstić information content (AvgIpc) is 1.97. The summed E-state index contributed by atoms with van der Waals surface area (Å²) in [5.74, 6) is -0.334. The molecule has 3 heteroatoms. The van der Waals surface area contributed by atoms with Crippen LogP contribution in [-0.4, -0.2) is 23.3 Å². The number of carbonyl (C=O) groups is 1. The molecule has 0 aromatic heterocycles. The predicted octanol–water partition coefficient (Wildman–Crippen LogP) is 1.66. The SMILES string of the molecule is CC(=O)OC1CC(C)(C)C=C(C)C1O. The molecule has 2 atom stereocenters. The van der Waals surface area contributed by atoms with E-state index < -0.39 is 12.2 Å². The number of hydrogen-bond donors (Lipinski definition) is 1. The fourth-order valence-electron chi connectivity index (χ4n) is 2.00. The minimum Gasteiger partial charge on any atom is -0.459 e. The lowest BCUT2D eigenvalue weighted by molar-refractivity contribution is -0.153. The van der Waals surface area contributed by atoms with Crippen LogP contribution < -0.4 is 0 Å². The number of carbonyl (C=O) groups excluding carboxylic acids is 1. The molecule has 0 bridgehead atoms. The largest absolute Gasteiger partial charge is 0.459 e. The van der Waals surface area contributed by atoms with Gasteiger partial charge < -0.3 is 9.84 Å². The molecule has 0 radical (unpaired) electrons. The molecule has 0 saturated carbocycles. The van der Waals surface area contributed by atoms with Gasteiger partial charge in [0.15, 0.2) is 0 Å². The fraction of sp³-hybridized carbons (Fsp3) is 0.727. The van der Waals surface area contributed by atoms with Gasteiger partial charge in [0, 0.05) is 6.92 Å². The molecule has 3 nitrogen and oxygen atoms in total. The highest BCUT2D eigenvalue weighted by Crippen LogP contribution is 2.34. The van der Waals surface area contributed by atoms with Crippen LogP contribution >= 0.6 is 0 Å². The van der Waals surface area contributed by atoms with Gasteiger partial charge in [-0.15, -0.1) is 0 Å². The zero-order valence-electron chi connectivity index (χ0n) is 9.20. The van der Waals surface area contributed by atoms with E-state index in [-0.39, 0.29) is 11.4 Å². The Labute approximate surface area is 84.8 Å². The van der Waals surface area contributed by atoms with Gasteiger partial charge in [-0.2, -0.15) is 0 Å². The average molecular weight is 198 g/mol. The highest BCUT2D eigenvalue weighted by Gasteiger charge is 2.34. The van der Waals surface area contributed by atoms with E-state index in [9.17, 15) is 9.90 Å². The molecule has 0 amide bonds. The highest BCUT2D eigenvalue weighted by molar-refractivity contribution is 5.66. The monoisotopic (exact) mass is 198 g/mol. The number of ether oxygens (including phenoxy) is 1. The normalized spacial score (nSPS) is 30.8. The van der Waals surface area contributed by atoms with Gasteiger partial charge >= 0.3 is 5.97 Å². The molecule has 0 spiro atoms. The van der Waals surface area contributed by atoms with Gasteiger partial charge in [0.05, 0.1) is 0 Å². The van der Waals surface area contributed by atoms with Crippen molar-refractivity contribution in [2.45, 2.75) is 46.3 Å². The third kappa shape index (κ3) is 2.58. The minimum absolute atomic E-state index is 0.0105. The molecule has 1 aliphatic rings. The van der Waals surface area contributed by atoms with Crippen molar-refractivity contribution in [3.05, 3.63) is 11.6 Å². The first-order valence-corrected chi connectivity index (χ1v) is 4.86. The molecular weight excluding hydrogens is 180 g/mol. The van der Waals surface area contributed by atoms with Crippen LogP contribution in [0.1, 0.15) is 34.1 Å². The van der Waals surface area contributed by atoms with Crippen LogP contribution in [0, 0.1) is 5.41 Å². The Kier molecular flexibility index (Phi) is 3.00. The summed E-state index contributed by atoms with van der Waals surface area (Å²) in [6.45, 7) is 7.37. The lowest BCUT2D eigenvalue weighted by Gasteiger charge is -2.35. The summed E-state index contributed by atoms with van der Waals surface area (Å²) < 4.78 is 5.08. The van der Waals surface area contributed by atoms with Crippen LogP contribution in [0.5, 0.6) is 0 Å². The molecule has 0 fully saturated rings. The lowest BCUT2D eigenvalue weighted by atomic mass is 9.77. The molecule has 0 saturated heterocycles. The fourth-order valence-corrected chi connectivity index (χ4v) is 2.00. The summed E-state index contributed by atoms with van der Waals surface area (Å²) in [5.41, 5.74) is 0.871. The second kappa shape index (κ2) is 3.73. The van der Waals surface area contributed by atoms with Gasteiger partial charge in [-0.3, -0.25) is 4.79 Å². The molecule has 1 N–H and O–H groups in total. The molecule has 14 heavy (non-hydrogen) atoms. The molecule has 1 rings (SSSR count).